The highest BCUT2D eigenvalue weighted by atomic mass is 15.1. The van der Waals surface area contributed by atoms with Gasteiger partial charge >= 0.3 is 0 Å². The van der Waals surface area contributed by atoms with Crippen molar-refractivity contribution in [2.24, 2.45) is 0 Å². The van der Waals surface area contributed by atoms with Crippen molar-refractivity contribution in [2.75, 3.05) is 13.6 Å². The van der Waals surface area contributed by atoms with Gasteiger partial charge in [-0.05, 0) is 43.0 Å². The smallest absolute Gasteiger partial charge is 0.0196 e. The van der Waals surface area contributed by atoms with Gasteiger partial charge in [0.1, 0.15) is 0 Å². The molecule has 0 radical (unpaired) electrons. The van der Waals surface area contributed by atoms with Crippen molar-refractivity contribution in [1.82, 2.24) is 4.90 Å². The second-order valence-electron chi connectivity index (χ2n) is 5.19. The van der Waals surface area contributed by atoms with Crippen LogP contribution in [0.2, 0.25) is 0 Å². The molecule has 3 rings (SSSR count). The van der Waals surface area contributed by atoms with E-state index in [1.54, 1.807) is 5.57 Å². The summed E-state index contributed by atoms with van der Waals surface area (Å²) in [7, 11) is 2.19. The third-order valence-corrected chi connectivity index (χ3v) is 4.26. The summed E-state index contributed by atoms with van der Waals surface area (Å²) >= 11 is 0. The van der Waals surface area contributed by atoms with E-state index in [0.29, 0.717) is 5.41 Å². The normalized spacial score (nSPS) is 28.8. The predicted molar refractivity (Wildman–Crippen MR) is 67.3 cm³/mol. The molecule has 1 heterocycles. The zero-order chi connectivity index (χ0) is 11.0. The average Bonchev–Trinajstić information content (AvgIpc) is 2.74. The molecule has 1 aromatic carbocycles. The third kappa shape index (κ3) is 1.38. The van der Waals surface area contributed by atoms with Crippen molar-refractivity contribution >= 4 is 0 Å². The van der Waals surface area contributed by atoms with Crippen LogP contribution in [0.25, 0.3) is 0 Å². The van der Waals surface area contributed by atoms with Crippen LogP contribution in [0.15, 0.2) is 42.1 Å². The minimum absolute atomic E-state index is 0.383. The van der Waals surface area contributed by atoms with Crippen molar-refractivity contribution < 1.29 is 0 Å². The predicted octanol–water partition coefficient (Wildman–Crippen LogP) is 3.33. The van der Waals surface area contributed by atoms with Crippen LogP contribution < -0.4 is 0 Å². The Bertz CT molecular complexity index is 407. The lowest BCUT2D eigenvalue weighted by atomic mass is 9.72. The first-order valence-electron chi connectivity index (χ1n) is 6.28. The standard InChI is InChI=1S/C15H19N/c1-16-11-10-15(9-5-8-14(15)12-16)13-6-3-2-4-7-13/h2-4,6-7,12H,5,8-11H2,1H3. The Labute approximate surface area is 97.8 Å². The number of allylic oxidation sites excluding steroid dienone is 1. The second kappa shape index (κ2) is 3.65. The summed E-state index contributed by atoms with van der Waals surface area (Å²) in [6.07, 6.45) is 7.67. The van der Waals surface area contributed by atoms with Crippen LogP contribution in [0.4, 0.5) is 0 Å². The van der Waals surface area contributed by atoms with Crippen LogP contribution >= 0.6 is 0 Å². The van der Waals surface area contributed by atoms with Crippen LogP contribution in [0, 0.1) is 0 Å². The molecule has 1 saturated carbocycles. The van der Waals surface area contributed by atoms with E-state index in [-0.39, 0.29) is 0 Å². The molecule has 84 valence electrons. The number of rotatable bonds is 1. The van der Waals surface area contributed by atoms with Gasteiger partial charge in [0.2, 0.25) is 0 Å². The van der Waals surface area contributed by atoms with Crippen molar-refractivity contribution in [3.05, 3.63) is 47.7 Å². The van der Waals surface area contributed by atoms with Gasteiger partial charge in [-0.3, -0.25) is 0 Å². The molecule has 1 aromatic rings. The number of hydrogen-bond acceptors (Lipinski definition) is 1. The summed E-state index contributed by atoms with van der Waals surface area (Å²) in [5.74, 6) is 0. The molecular weight excluding hydrogens is 194 g/mol. The molecule has 1 atom stereocenters. The Hall–Kier alpha value is -1.24. The largest absolute Gasteiger partial charge is 0.380 e. The molecule has 16 heavy (non-hydrogen) atoms. The number of hydrogen-bond donors (Lipinski definition) is 0. The monoisotopic (exact) mass is 213 g/mol. The van der Waals surface area contributed by atoms with Crippen molar-refractivity contribution in [3.63, 3.8) is 0 Å². The zero-order valence-corrected chi connectivity index (χ0v) is 9.95. The highest BCUT2D eigenvalue weighted by Gasteiger charge is 2.41. The Morgan fingerprint density at radius 2 is 1.94 bits per heavy atom. The SMILES string of the molecule is CN1C=C2CCCC2(c2ccccc2)CC1. The summed E-state index contributed by atoms with van der Waals surface area (Å²) in [6, 6.07) is 11.1. The molecule has 0 spiro atoms. The van der Waals surface area contributed by atoms with E-state index in [1.807, 2.05) is 0 Å². The summed E-state index contributed by atoms with van der Waals surface area (Å²) in [6.45, 7) is 1.19. The van der Waals surface area contributed by atoms with E-state index in [1.165, 1.54) is 37.8 Å². The first-order valence-corrected chi connectivity index (χ1v) is 6.28. The van der Waals surface area contributed by atoms with Crippen LogP contribution in [0.5, 0.6) is 0 Å². The number of fused-ring (bicyclic) bond motifs is 1. The Morgan fingerprint density at radius 1 is 1.12 bits per heavy atom. The van der Waals surface area contributed by atoms with Gasteiger partial charge in [0, 0.05) is 19.0 Å². The molecule has 1 heteroatoms. The highest BCUT2D eigenvalue weighted by Crippen LogP contribution is 2.49. The van der Waals surface area contributed by atoms with Gasteiger partial charge in [-0.25, -0.2) is 0 Å². The number of benzene rings is 1. The van der Waals surface area contributed by atoms with Crippen LogP contribution in [0.3, 0.4) is 0 Å². The molecule has 1 nitrogen and oxygen atoms in total. The van der Waals surface area contributed by atoms with Crippen LogP contribution in [-0.2, 0) is 5.41 Å². The van der Waals surface area contributed by atoms with Gasteiger partial charge in [0.15, 0.2) is 0 Å². The molecule has 0 bridgehead atoms. The molecule has 0 aromatic heterocycles. The van der Waals surface area contributed by atoms with Gasteiger partial charge in [0.25, 0.3) is 0 Å². The minimum Gasteiger partial charge on any atom is -0.380 e. The molecule has 1 aliphatic carbocycles. The van der Waals surface area contributed by atoms with Crippen molar-refractivity contribution in [1.29, 1.82) is 0 Å². The van der Waals surface area contributed by atoms with Crippen molar-refractivity contribution in [3.8, 4) is 0 Å². The molecule has 1 fully saturated rings. The van der Waals surface area contributed by atoms with E-state index in [9.17, 15) is 0 Å². The highest BCUT2D eigenvalue weighted by molar-refractivity contribution is 5.40. The maximum atomic E-state index is 2.39. The fourth-order valence-corrected chi connectivity index (χ4v) is 3.38. The molecule has 0 saturated heterocycles. The lowest BCUT2D eigenvalue weighted by Gasteiger charge is -2.38. The first kappa shape index (κ1) is 9.95. The van der Waals surface area contributed by atoms with Gasteiger partial charge in [-0.1, -0.05) is 30.3 Å². The maximum Gasteiger partial charge on any atom is 0.0196 e. The molecule has 0 N–H and O–H groups in total. The Kier molecular flexibility index (Phi) is 2.27. The van der Waals surface area contributed by atoms with E-state index < -0.39 is 0 Å². The summed E-state index contributed by atoms with van der Waals surface area (Å²) < 4.78 is 0. The zero-order valence-electron chi connectivity index (χ0n) is 9.95. The first-order chi connectivity index (χ1) is 7.81. The van der Waals surface area contributed by atoms with E-state index >= 15 is 0 Å². The lowest BCUT2D eigenvalue weighted by Crippen LogP contribution is -2.34. The fraction of sp³-hybridized carbons (Fsp3) is 0.467. The van der Waals surface area contributed by atoms with E-state index in [0.717, 1.165) is 0 Å². The van der Waals surface area contributed by atoms with E-state index in [4.69, 9.17) is 0 Å². The van der Waals surface area contributed by atoms with Gasteiger partial charge in [-0.2, -0.15) is 0 Å². The number of nitrogens with zero attached hydrogens (tertiary/aromatic N) is 1. The average molecular weight is 213 g/mol. The van der Waals surface area contributed by atoms with Crippen LogP contribution in [-0.4, -0.2) is 18.5 Å². The minimum atomic E-state index is 0.383. The lowest BCUT2D eigenvalue weighted by molar-refractivity contribution is 0.332. The molecule has 1 aliphatic heterocycles. The second-order valence-corrected chi connectivity index (χ2v) is 5.19. The van der Waals surface area contributed by atoms with Crippen molar-refractivity contribution in [2.45, 2.75) is 31.1 Å². The fourth-order valence-electron chi connectivity index (χ4n) is 3.38. The van der Waals surface area contributed by atoms with Gasteiger partial charge < -0.3 is 4.90 Å². The quantitative estimate of drug-likeness (QED) is 0.691. The van der Waals surface area contributed by atoms with E-state index in [2.05, 4.69) is 48.5 Å². The maximum absolute atomic E-state index is 2.39. The molecule has 1 unspecified atom stereocenters. The Balaban J connectivity index is 2.07. The van der Waals surface area contributed by atoms with Crippen LogP contribution in [0.1, 0.15) is 31.2 Å². The molecule has 2 aliphatic rings. The molecule has 0 amide bonds. The third-order valence-electron chi connectivity index (χ3n) is 4.26. The summed E-state index contributed by atoms with van der Waals surface area (Å²) in [4.78, 5) is 2.35. The van der Waals surface area contributed by atoms with Gasteiger partial charge in [0.05, 0.1) is 0 Å². The van der Waals surface area contributed by atoms with Gasteiger partial charge in [-0.15, -0.1) is 0 Å². The topological polar surface area (TPSA) is 3.24 Å². The Morgan fingerprint density at radius 3 is 2.75 bits per heavy atom. The molecular formula is C15H19N. The summed E-state index contributed by atoms with van der Waals surface area (Å²) in [5.41, 5.74) is 3.58. The summed E-state index contributed by atoms with van der Waals surface area (Å²) in [5, 5.41) is 0.